The number of halogens is 2. The molecule has 0 atom stereocenters. The molecule has 0 radical (unpaired) electrons. The van der Waals surface area contributed by atoms with Crippen LogP contribution >= 0.6 is 23.2 Å². The Morgan fingerprint density at radius 2 is 1.53 bits per heavy atom. The van der Waals surface area contributed by atoms with Crippen LogP contribution in [0.4, 0.5) is 5.69 Å². The summed E-state index contributed by atoms with van der Waals surface area (Å²) in [6.07, 6.45) is -0.118. The number of nitrogens with zero attached hydrogens (tertiary/aromatic N) is 2. The minimum Gasteiger partial charge on any atom is -0.550 e. The molecule has 6 nitrogen and oxygen atoms in total. The van der Waals surface area contributed by atoms with Crippen LogP contribution in [0.2, 0.25) is 10.3 Å². The molecule has 8 heteroatoms. The first kappa shape index (κ1) is 21.7. The Kier molecular flexibility index (Phi) is 6.35. The molecular formula is C24H16Cl2N3O3-. The number of amides is 1. The zero-order chi connectivity index (χ0) is 22.7. The van der Waals surface area contributed by atoms with Gasteiger partial charge in [0.2, 0.25) is 0 Å². The van der Waals surface area contributed by atoms with Crippen LogP contribution in [-0.4, -0.2) is 21.8 Å². The second-order valence-corrected chi connectivity index (χ2v) is 7.85. The molecule has 0 spiro atoms. The normalized spacial score (nSPS) is 10.8. The SMILES string of the molecule is O=C([O-])Cc1c(Cl)nc(Cc2ccc(NC(=O)c3ccc4ccccc4c3)cc2)nc1Cl. The van der Waals surface area contributed by atoms with Crippen molar-refractivity contribution in [3.05, 3.63) is 99.6 Å². The number of hydrogen-bond donors (Lipinski definition) is 1. The van der Waals surface area contributed by atoms with Crippen LogP contribution in [0.3, 0.4) is 0 Å². The van der Waals surface area contributed by atoms with Gasteiger partial charge in [0.15, 0.2) is 0 Å². The van der Waals surface area contributed by atoms with Gasteiger partial charge in [-0.1, -0.05) is 65.7 Å². The number of aliphatic carboxylic acids is 1. The molecule has 0 saturated heterocycles. The lowest BCUT2D eigenvalue weighted by Crippen LogP contribution is -2.25. The number of benzene rings is 3. The molecule has 0 unspecified atom stereocenters. The third kappa shape index (κ3) is 5.04. The molecule has 0 aliphatic carbocycles. The lowest BCUT2D eigenvalue weighted by Gasteiger charge is -2.10. The number of rotatable bonds is 6. The first-order chi connectivity index (χ1) is 15.4. The van der Waals surface area contributed by atoms with Gasteiger partial charge in [0, 0.05) is 35.6 Å². The summed E-state index contributed by atoms with van der Waals surface area (Å²) in [5.74, 6) is -1.16. The summed E-state index contributed by atoms with van der Waals surface area (Å²) in [5, 5.41) is 15.7. The van der Waals surface area contributed by atoms with E-state index >= 15 is 0 Å². The fraction of sp³-hybridized carbons (Fsp3) is 0.0833. The molecule has 0 aliphatic rings. The summed E-state index contributed by atoms with van der Waals surface area (Å²) < 4.78 is 0. The van der Waals surface area contributed by atoms with E-state index in [1.807, 2.05) is 48.5 Å². The van der Waals surface area contributed by atoms with E-state index in [2.05, 4.69) is 15.3 Å². The number of fused-ring (bicyclic) bond motifs is 1. The predicted octanol–water partition coefficient (Wildman–Crippen LogP) is 4.07. The van der Waals surface area contributed by atoms with E-state index in [9.17, 15) is 14.7 Å². The quantitative estimate of drug-likeness (QED) is 0.433. The van der Waals surface area contributed by atoms with Gasteiger partial charge < -0.3 is 15.2 Å². The van der Waals surface area contributed by atoms with Gasteiger partial charge in [-0.15, -0.1) is 0 Å². The second kappa shape index (κ2) is 9.34. The van der Waals surface area contributed by atoms with Crippen LogP contribution in [0.15, 0.2) is 66.7 Å². The summed E-state index contributed by atoms with van der Waals surface area (Å²) in [5.41, 5.74) is 2.22. The van der Waals surface area contributed by atoms with Gasteiger partial charge in [-0.3, -0.25) is 4.79 Å². The van der Waals surface area contributed by atoms with Crippen molar-refractivity contribution in [2.45, 2.75) is 12.8 Å². The first-order valence-corrected chi connectivity index (χ1v) is 10.4. The smallest absolute Gasteiger partial charge is 0.255 e. The van der Waals surface area contributed by atoms with Gasteiger partial charge in [0.25, 0.3) is 5.91 Å². The maximum atomic E-state index is 12.6. The van der Waals surface area contributed by atoms with Crippen molar-refractivity contribution in [1.82, 2.24) is 9.97 Å². The van der Waals surface area contributed by atoms with Crippen molar-refractivity contribution in [2.75, 3.05) is 5.32 Å². The largest absolute Gasteiger partial charge is 0.550 e. The molecule has 0 saturated carbocycles. The third-order valence-corrected chi connectivity index (χ3v) is 5.48. The standard InChI is InChI=1S/C24H17Cl2N3O3/c25-22-19(13-21(30)31)23(26)29-20(28-22)11-14-5-9-18(10-6-14)27-24(32)17-8-7-15-3-1-2-4-16(15)12-17/h1-10,12H,11,13H2,(H,27,32)(H,30,31)/p-1. The van der Waals surface area contributed by atoms with Crippen LogP contribution in [0.1, 0.15) is 27.3 Å². The fourth-order valence-corrected chi connectivity index (χ4v) is 3.82. The fourth-order valence-electron chi connectivity index (χ4n) is 3.26. The molecule has 32 heavy (non-hydrogen) atoms. The molecule has 1 heterocycles. The van der Waals surface area contributed by atoms with Crippen LogP contribution in [0, 0.1) is 0 Å². The lowest BCUT2D eigenvalue weighted by molar-refractivity contribution is -0.304. The zero-order valence-corrected chi connectivity index (χ0v) is 18.2. The number of nitrogens with one attached hydrogen (secondary N) is 1. The minimum absolute atomic E-state index is 0.0107. The van der Waals surface area contributed by atoms with Crippen LogP contribution < -0.4 is 10.4 Å². The van der Waals surface area contributed by atoms with Gasteiger partial charge in [-0.25, -0.2) is 9.97 Å². The van der Waals surface area contributed by atoms with E-state index in [0.29, 0.717) is 23.5 Å². The molecule has 4 aromatic rings. The van der Waals surface area contributed by atoms with Crippen LogP contribution in [0.5, 0.6) is 0 Å². The molecular weight excluding hydrogens is 449 g/mol. The number of hydrogen-bond acceptors (Lipinski definition) is 5. The maximum absolute atomic E-state index is 12.6. The monoisotopic (exact) mass is 464 g/mol. The summed E-state index contributed by atoms with van der Waals surface area (Å²) in [6.45, 7) is 0. The van der Waals surface area contributed by atoms with Gasteiger partial charge in [-0.2, -0.15) is 0 Å². The van der Waals surface area contributed by atoms with Crippen molar-refractivity contribution >= 4 is 51.5 Å². The number of aromatic nitrogens is 2. The molecule has 160 valence electrons. The molecule has 1 amide bonds. The van der Waals surface area contributed by atoms with Crippen molar-refractivity contribution in [3.8, 4) is 0 Å². The highest BCUT2D eigenvalue weighted by atomic mass is 35.5. The van der Waals surface area contributed by atoms with E-state index in [1.54, 1.807) is 18.2 Å². The third-order valence-electron chi connectivity index (χ3n) is 4.86. The van der Waals surface area contributed by atoms with E-state index < -0.39 is 12.4 Å². The average molecular weight is 465 g/mol. The highest BCUT2D eigenvalue weighted by Gasteiger charge is 2.13. The average Bonchev–Trinajstić information content (AvgIpc) is 2.77. The Hall–Kier alpha value is -3.48. The van der Waals surface area contributed by atoms with Crippen molar-refractivity contribution in [3.63, 3.8) is 0 Å². The minimum atomic E-state index is -1.31. The van der Waals surface area contributed by atoms with E-state index in [1.165, 1.54) is 0 Å². The first-order valence-electron chi connectivity index (χ1n) is 9.69. The predicted molar refractivity (Wildman–Crippen MR) is 122 cm³/mol. The number of carbonyl (C=O) groups is 2. The molecule has 0 bridgehead atoms. The summed E-state index contributed by atoms with van der Waals surface area (Å²) in [6, 6.07) is 20.6. The van der Waals surface area contributed by atoms with Crippen molar-refractivity contribution in [2.24, 2.45) is 0 Å². The van der Waals surface area contributed by atoms with E-state index in [0.717, 1.165) is 16.3 Å². The van der Waals surface area contributed by atoms with Crippen molar-refractivity contribution in [1.29, 1.82) is 0 Å². The molecule has 3 aromatic carbocycles. The Balaban J connectivity index is 1.45. The van der Waals surface area contributed by atoms with Gasteiger partial charge in [-0.05, 0) is 40.6 Å². The zero-order valence-electron chi connectivity index (χ0n) is 16.6. The molecule has 4 rings (SSSR count). The van der Waals surface area contributed by atoms with Crippen LogP contribution in [-0.2, 0) is 17.6 Å². The second-order valence-electron chi connectivity index (χ2n) is 7.14. The molecule has 0 fully saturated rings. The Morgan fingerprint density at radius 3 is 2.19 bits per heavy atom. The molecule has 1 aromatic heterocycles. The van der Waals surface area contributed by atoms with Gasteiger partial charge in [0.05, 0.1) is 0 Å². The summed E-state index contributed by atoms with van der Waals surface area (Å²) >= 11 is 12.1. The van der Waals surface area contributed by atoms with Gasteiger partial charge >= 0.3 is 0 Å². The topological polar surface area (TPSA) is 95.0 Å². The number of carboxylic acids is 1. The van der Waals surface area contributed by atoms with Gasteiger partial charge in [0.1, 0.15) is 16.1 Å². The van der Waals surface area contributed by atoms with Crippen LogP contribution in [0.25, 0.3) is 10.8 Å². The maximum Gasteiger partial charge on any atom is 0.255 e. The summed E-state index contributed by atoms with van der Waals surface area (Å²) in [7, 11) is 0. The van der Waals surface area contributed by atoms with E-state index in [4.69, 9.17) is 23.2 Å². The lowest BCUT2D eigenvalue weighted by atomic mass is 10.1. The summed E-state index contributed by atoms with van der Waals surface area (Å²) in [4.78, 5) is 31.7. The van der Waals surface area contributed by atoms with E-state index in [-0.39, 0.29) is 21.8 Å². The van der Waals surface area contributed by atoms with Crippen molar-refractivity contribution < 1.29 is 14.7 Å². The highest BCUT2D eigenvalue weighted by Crippen LogP contribution is 2.23. The Labute approximate surface area is 193 Å². The number of carboxylic acid groups (broad SMARTS) is 1. The number of carbonyl (C=O) groups excluding carboxylic acids is 2. The molecule has 0 aliphatic heterocycles. The molecule has 1 N–H and O–H groups in total. The Bertz CT molecular complexity index is 1300. The number of anilines is 1. The Morgan fingerprint density at radius 1 is 0.875 bits per heavy atom. The highest BCUT2D eigenvalue weighted by molar-refractivity contribution is 6.34.